The van der Waals surface area contributed by atoms with Gasteiger partial charge >= 0.3 is 6.18 Å². The van der Waals surface area contributed by atoms with Gasteiger partial charge in [-0.25, -0.2) is 4.98 Å². The fourth-order valence-corrected chi connectivity index (χ4v) is 4.73. The third kappa shape index (κ3) is 7.89. The molecule has 0 saturated carbocycles. The molecule has 3 aromatic rings. The summed E-state index contributed by atoms with van der Waals surface area (Å²) in [6, 6.07) is 14.7. The minimum absolute atomic E-state index is 0.0334. The number of aromatic nitrogens is 2. The molecule has 206 valence electrons. The van der Waals surface area contributed by atoms with Crippen molar-refractivity contribution in [2.24, 2.45) is 0 Å². The predicted molar refractivity (Wildman–Crippen MR) is 147 cm³/mol. The number of likely N-dealkylation sites (tertiary alicyclic amines) is 1. The van der Waals surface area contributed by atoms with Gasteiger partial charge < -0.3 is 15.1 Å². The number of nitrogens with one attached hydrogen (secondary N) is 1. The third-order valence-electron chi connectivity index (χ3n) is 6.92. The summed E-state index contributed by atoms with van der Waals surface area (Å²) in [7, 11) is 0. The Morgan fingerprint density at radius 1 is 1.13 bits per heavy atom. The molecule has 0 aliphatic carbocycles. The summed E-state index contributed by atoms with van der Waals surface area (Å²) in [6.07, 6.45) is 2.02. The molecular weight excluding hydrogens is 503 g/mol. The number of carbonyl (C=O) groups is 1. The Morgan fingerprint density at radius 3 is 2.49 bits per heavy atom. The van der Waals surface area contributed by atoms with Crippen LogP contribution in [-0.4, -0.2) is 50.8 Å². The second kappa shape index (κ2) is 12.4. The Kier molecular flexibility index (Phi) is 9.01. The number of carbonyl (C=O) groups excluding carboxylic acids is 1. The molecule has 1 aliphatic heterocycles. The van der Waals surface area contributed by atoms with E-state index in [-0.39, 0.29) is 11.9 Å². The van der Waals surface area contributed by atoms with Gasteiger partial charge in [-0.05, 0) is 81.7 Å². The highest BCUT2D eigenvalue weighted by Crippen LogP contribution is 2.29. The zero-order chi connectivity index (χ0) is 28.0. The van der Waals surface area contributed by atoms with E-state index in [1.165, 1.54) is 18.2 Å². The standard InChI is InChI=1S/C30H34F3N5O/c1-21(2)37-17-14-27(15-18-37)38(29(39)12-9-23-7-10-24(11-8-23)30(31,32)33)20-26-5-4-6-28(36-26)35-25-13-16-34-22(3)19-25/h4-13,16,19,21,27H,14-15,17-18,20H2,1-3H3,(H,34,35,36). The highest BCUT2D eigenvalue weighted by Gasteiger charge is 2.30. The van der Waals surface area contributed by atoms with Gasteiger partial charge in [0.15, 0.2) is 0 Å². The number of alkyl halides is 3. The molecule has 2 aromatic heterocycles. The number of halogens is 3. The van der Waals surface area contributed by atoms with Crippen molar-refractivity contribution in [1.29, 1.82) is 0 Å². The molecule has 0 bridgehead atoms. The first-order chi connectivity index (χ1) is 18.6. The van der Waals surface area contributed by atoms with Gasteiger partial charge in [0, 0.05) is 48.8 Å². The highest BCUT2D eigenvalue weighted by atomic mass is 19.4. The number of pyridine rings is 2. The Balaban J connectivity index is 1.52. The molecular formula is C30H34F3N5O. The van der Waals surface area contributed by atoms with Crippen LogP contribution in [0.1, 0.15) is 49.2 Å². The van der Waals surface area contributed by atoms with Gasteiger partial charge in [0.1, 0.15) is 5.82 Å². The summed E-state index contributed by atoms with van der Waals surface area (Å²) in [4.78, 5) is 26.7. The predicted octanol–water partition coefficient (Wildman–Crippen LogP) is 6.46. The van der Waals surface area contributed by atoms with Crippen molar-refractivity contribution in [2.45, 2.75) is 58.4 Å². The summed E-state index contributed by atoms with van der Waals surface area (Å²) in [5.74, 6) is 0.475. The Hall–Kier alpha value is -3.72. The normalized spacial score (nSPS) is 15.2. The number of nitrogens with zero attached hydrogens (tertiary/aromatic N) is 4. The molecule has 1 fully saturated rings. The highest BCUT2D eigenvalue weighted by molar-refractivity contribution is 5.92. The van der Waals surface area contributed by atoms with Gasteiger partial charge in [-0.3, -0.25) is 9.78 Å². The van der Waals surface area contributed by atoms with Gasteiger partial charge in [0.2, 0.25) is 5.91 Å². The number of piperidine rings is 1. The maximum atomic E-state index is 13.5. The molecule has 0 atom stereocenters. The van der Waals surface area contributed by atoms with Gasteiger partial charge in [-0.2, -0.15) is 13.2 Å². The van der Waals surface area contributed by atoms with E-state index in [2.05, 4.69) is 29.0 Å². The van der Waals surface area contributed by atoms with Crippen molar-refractivity contribution < 1.29 is 18.0 Å². The lowest BCUT2D eigenvalue weighted by Gasteiger charge is -2.39. The number of aryl methyl sites for hydroxylation is 1. The summed E-state index contributed by atoms with van der Waals surface area (Å²) < 4.78 is 38.7. The van der Waals surface area contributed by atoms with E-state index in [1.807, 2.05) is 42.2 Å². The average molecular weight is 538 g/mol. The van der Waals surface area contributed by atoms with E-state index >= 15 is 0 Å². The van der Waals surface area contributed by atoms with Crippen LogP contribution < -0.4 is 5.32 Å². The molecule has 1 saturated heterocycles. The van der Waals surface area contributed by atoms with E-state index in [0.717, 1.165) is 55.1 Å². The van der Waals surface area contributed by atoms with Gasteiger partial charge in [-0.15, -0.1) is 0 Å². The van der Waals surface area contributed by atoms with Crippen LogP contribution in [0.2, 0.25) is 0 Å². The van der Waals surface area contributed by atoms with E-state index in [1.54, 1.807) is 12.3 Å². The van der Waals surface area contributed by atoms with Crippen molar-refractivity contribution in [1.82, 2.24) is 19.8 Å². The lowest BCUT2D eigenvalue weighted by atomic mass is 10.0. The minimum atomic E-state index is -4.40. The first-order valence-corrected chi connectivity index (χ1v) is 13.1. The van der Waals surface area contributed by atoms with Crippen LogP contribution in [0.15, 0.2) is 66.9 Å². The van der Waals surface area contributed by atoms with Crippen molar-refractivity contribution in [2.75, 3.05) is 18.4 Å². The fraction of sp³-hybridized carbons (Fsp3) is 0.367. The molecule has 4 rings (SSSR count). The molecule has 1 amide bonds. The molecule has 1 N–H and O–H groups in total. The van der Waals surface area contributed by atoms with Crippen molar-refractivity contribution in [3.63, 3.8) is 0 Å². The molecule has 39 heavy (non-hydrogen) atoms. The molecule has 0 spiro atoms. The molecule has 0 unspecified atom stereocenters. The van der Waals surface area contributed by atoms with Crippen LogP contribution in [0.5, 0.6) is 0 Å². The van der Waals surface area contributed by atoms with Crippen LogP contribution in [0.4, 0.5) is 24.7 Å². The molecule has 9 heteroatoms. The first kappa shape index (κ1) is 28.3. The Morgan fingerprint density at radius 2 is 1.85 bits per heavy atom. The smallest absolute Gasteiger partial charge is 0.340 e. The van der Waals surface area contributed by atoms with E-state index in [0.29, 0.717) is 24.0 Å². The summed E-state index contributed by atoms with van der Waals surface area (Å²) in [5, 5.41) is 3.29. The number of hydrogen-bond acceptors (Lipinski definition) is 5. The average Bonchev–Trinajstić information content (AvgIpc) is 2.90. The summed E-state index contributed by atoms with van der Waals surface area (Å²) >= 11 is 0. The molecule has 3 heterocycles. The quantitative estimate of drug-likeness (QED) is 0.334. The van der Waals surface area contributed by atoms with Crippen LogP contribution in [0.25, 0.3) is 6.08 Å². The van der Waals surface area contributed by atoms with E-state index < -0.39 is 11.7 Å². The largest absolute Gasteiger partial charge is 0.416 e. The molecule has 0 radical (unpaired) electrons. The first-order valence-electron chi connectivity index (χ1n) is 13.1. The van der Waals surface area contributed by atoms with Crippen molar-refractivity contribution in [3.8, 4) is 0 Å². The van der Waals surface area contributed by atoms with Crippen LogP contribution in [0, 0.1) is 6.92 Å². The summed E-state index contributed by atoms with van der Waals surface area (Å²) in [5.41, 5.74) is 2.32. The number of amides is 1. The topological polar surface area (TPSA) is 61.4 Å². The lowest BCUT2D eigenvalue weighted by Crippen LogP contribution is -2.48. The van der Waals surface area contributed by atoms with E-state index in [9.17, 15) is 18.0 Å². The fourth-order valence-electron chi connectivity index (χ4n) is 4.73. The van der Waals surface area contributed by atoms with Crippen molar-refractivity contribution in [3.05, 3.63) is 89.4 Å². The van der Waals surface area contributed by atoms with Gasteiger partial charge in [-0.1, -0.05) is 18.2 Å². The number of rotatable bonds is 8. The zero-order valence-electron chi connectivity index (χ0n) is 22.4. The maximum absolute atomic E-state index is 13.5. The minimum Gasteiger partial charge on any atom is -0.340 e. The van der Waals surface area contributed by atoms with Gasteiger partial charge in [0.25, 0.3) is 0 Å². The summed E-state index contributed by atoms with van der Waals surface area (Å²) in [6.45, 7) is 8.37. The number of hydrogen-bond donors (Lipinski definition) is 1. The monoisotopic (exact) mass is 537 g/mol. The Bertz CT molecular complexity index is 1280. The third-order valence-corrected chi connectivity index (χ3v) is 6.92. The van der Waals surface area contributed by atoms with E-state index in [4.69, 9.17) is 4.98 Å². The second-order valence-electron chi connectivity index (χ2n) is 10.1. The molecule has 1 aromatic carbocycles. The Labute approximate surface area is 227 Å². The second-order valence-corrected chi connectivity index (χ2v) is 10.1. The van der Waals surface area contributed by atoms with Gasteiger partial charge in [0.05, 0.1) is 17.8 Å². The number of anilines is 2. The zero-order valence-corrected chi connectivity index (χ0v) is 22.4. The lowest BCUT2D eigenvalue weighted by molar-refractivity contribution is -0.137. The molecule has 1 aliphatic rings. The van der Waals surface area contributed by atoms with Crippen LogP contribution >= 0.6 is 0 Å². The van der Waals surface area contributed by atoms with Crippen molar-refractivity contribution >= 4 is 23.5 Å². The number of benzene rings is 1. The van der Waals surface area contributed by atoms with Crippen LogP contribution in [-0.2, 0) is 17.5 Å². The molecule has 6 nitrogen and oxygen atoms in total. The van der Waals surface area contributed by atoms with Crippen LogP contribution in [0.3, 0.4) is 0 Å². The SMILES string of the molecule is Cc1cc(Nc2cccc(CN(C(=O)C=Cc3ccc(C(F)(F)F)cc3)C3CCN(C(C)C)CC3)n2)ccn1. The maximum Gasteiger partial charge on any atom is 0.416 e.